The number of hydrogen-bond donors (Lipinski definition) is 3. The number of fused-ring (bicyclic) bond motifs is 3. The Kier molecular flexibility index (Phi) is 7.91. The lowest BCUT2D eigenvalue weighted by atomic mass is 9.98. The summed E-state index contributed by atoms with van der Waals surface area (Å²) in [5.41, 5.74) is 6.49. The van der Waals surface area contributed by atoms with Crippen molar-refractivity contribution in [3.63, 3.8) is 0 Å². The monoisotopic (exact) mass is 444 g/mol. The lowest BCUT2D eigenvalue weighted by Gasteiger charge is -2.19. The predicted molar refractivity (Wildman–Crippen MR) is 117 cm³/mol. The van der Waals surface area contributed by atoms with Gasteiger partial charge >= 0.3 is 12.1 Å². The standard InChI is InChI=1S/C22H24N2O6S/c1-31-11-10-19(21(27)24-30-13-20(25)26)23-22(28)29-12-18-16-8-4-2-6-14(16)15-7-3-5-9-17(15)18/h2-9,18-19H,10-13H2,1H3,(H,23,28)(H,24,27)(H,25,26). The van der Waals surface area contributed by atoms with Crippen molar-refractivity contribution in [1.29, 1.82) is 0 Å². The zero-order valence-corrected chi connectivity index (χ0v) is 17.8. The Morgan fingerprint density at radius 2 is 1.68 bits per heavy atom. The van der Waals surface area contributed by atoms with Crippen LogP contribution >= 0.6 is 11.8 Å². The van der Waals surface area contributed by atoms with Crippen molar-refractivity contribution in [3.8, 4) is 11.1 Å². The SMILES string of the molecule is CSCCC(NC(=O)OCC1c2ccccc2-c2ccccc21)C(=O)NOCC(=O)O. The van der Waals surface area contributed by atoms with Gasteiger partial charge in [-0.1, -0.05) is 48.5 Å². The van der Waals surface area contributed by atoms with Crippen LogP contribution in [0.1, 0.15) is 23.5 Å². The van der Waals surface area contributed by atoms with Crippen molar-refractivity contribution in [2.75, 3.05) is 25.2 Å². The number of carboxylic acids is 1. The number of ether oxygens (including phenoxy) is 1. The highest BCUT2D eigenvalue weighted by Gasteiger charge is 2.29. The quantitative estimate of drug-likeness (QED) is 0.483. The number of carbonyl (C=O) groups is 3. The number of hydroxylamine groups is 1. The van der Waals surface area contributed by atoms with E-state index in [1.54, 1.807) is 0 Å². The van der Waals surface area contributed by atoms with Crippen LogP contribution < -0.4 is 10.8 Å². The van der Waals surface area contributed by atoms with E-state index in [9.17, 15) is 14.4 Å². The average molecular weight is 445 g/mol. The van der Waals surface area contributed by atoms with Crippen LogP contribution in [0, 0.1) is 0 Å². The molecule has 0 saturated carbocycles. The fourth-order valence-electron chi connectivity index (χ4n) is 3.53. The molecule has 0 aromatic heterocycles. The van der Waals surface area contributed by atoms with Gasteiger partial charge in [-0.05, 0) is 40.7 Å². The van der Waals surface area contributed by atoms with E-state index in [4.69, 9.17) is 9.84 Å². The van der Waals surface area contributed by atoms with Crippen LogP contribution in [-0.2, 0) is 19.2 Å². The summed E-state index contributed by atoms with van der Waals surface area (Å²) in [6, 6.07) is 15.1. The Morgan fingerprint density at radius 3 is 2.26 bits per heavy atom. The minimum Gasteiger partial charge on any atom is -0.479 e. The van der Waals surface area contributed by atoms with Crippen LogP contribution in [0.15, 0.2) is 48.5 Å². The van der Waals surface area contributed by atoms with Crippen LogP contribution in [0.3, 0.4) is 0 Å². The fourth-order valence-corrected chi connectivity index (χ4v) is 4.00. The molecule has 0 spiro atoms. The summed E-state index contributed by atoms with van der Waals surface area (Å²) in [7, 11) is 0. The number of benzene rings is 2. The van der Waals surface area contributed by atoms with Crippen LogP contribution in [0.25, 0.3) is 11.1 Å². The Bertz CT molecular complexity index is 906. The van der Waals surface area contributed by atoms with Gasteiger partial charge in [0.1, 0.15) is 12.6 Å². The minimum absolute atomic E-state index is 0.0875. The van der Waals surface area contributed by atoms with E-state index in [1.165, 1.54) is 11.8 Å². The molecule has 0 radical (unpaired) electrons. The molecule has 3 rings (SSSR count). The van der Waals surface area contributed by atoms with E-state index in [1.807, 2.05) is 54.8 Å². The summed E-state index contributed by atoms with van der Waals surface area (Å²) in [6.07, 6.45) is 1.50. The van der Waals surface area contributed by atoms with E-state index in [0.717, 1.165) is 22.3 Å². The second kappa shape index (κ2) is 10.8. The molecule has 0 bridgehead atoms. The predicted octanol–water partition coefficient (Wildman–Crippen LogP) is 2.78. The molecule has 9 heteroatoms. The van der Waals surface area contributed by atoms with Gasteiger partial charge in [-0.25, -0.2) is 15.1 Å². The maximum atomic E-state index is 12.4. The molecule has 8 nitrogen and oxygen atoms in total. The number of rotatable bonds is 10. The second-order valence-corrected chi connectivity index (χ2v) is 7.94. The maximum Gasteiger partial charge on any atom is 0.407 e. The molecule has 3 N–H and O–H groups in total. The molecule has 0 fully saturated rings. The summed E-state index contributed by atoms with van der Waals surface area (Å²) in [5, 5.41) is 11.1. The molecule has 0 heterocycles. The summed E-state index contributed by atoms with van der Waals surface area (Å²) in [5.74, 6) is -1.33. The second-order valence-electron chi connectivity index (χ2n) is 6.95. The summed E-state index contributed by atoms with van der Waals surface area (Å²) in [4.78, 5) is 39.8. The van der Waals surface area contributed by atoms with Crippen LogP contribution in [0.4, 0.5) is 4.79 Å². The van der Waals surface area contributed by atoms with Crippen molar-refractivity contribution >= 4 is 29.7 Å². The smallest absolute Gasteiger partial charge is 0.407 e. The largest absolute Gasteiger partial charge is 0.479 e. The number of alkyl carbamates (subject to hydrolysis) is 1. The van der Waals surface area contributed by atoms with Gasteiger partial charge in [-0.2, -0.15) is 11.8 Å². The Labute approximate surface area is 184 Å². The van der Waals surface area contributed by atoms with Crippen molar-refractivity contribution in [1.82, 2.24) is 10.8 Å². The molecule has 2 aromatic rings. The van der Waals surface area contributed by atoms with Crippen molar-refractivity contribution in [2.24, 2.45) is 0 Å². The molecule has 1 atom stereocenters. The Hall–Kier alpha value is -3.04. The number of nitrogens with one attached hydrogen (secondary N) is 2. The summed E-state index contributed by atoms with van der Waals surface area (Å²) >= 11 is 1.51. The van der Waals surface area contributed by atoms with Gasteiger partial charge in [0.15, 0.2) is 6.61 Å². The van der Waals surface area contributed by atoms with Crippen molar-refractivity contribution in [2.45, 2.75) is 18.4 Å². The molecule has 1 aliphatic rings. The van der Waals surface area contributed by atoms with Gasteiger partial charge in [0.25, 0.3) is 5.91 Å². The minimum atomic E-state index is -1.22. The first-order valence-electron chi connectivity index (χ1n) is 9.75. The third-order valence-corrected chi connectivity index (χ3v) is 5.58. The van der Waals surface area contributed by atoms with Gasteiger partial charge in [0, 0.05) is 5.92 Å². The highest BCUT2D eigenvalue weighted by molar-refractivity contribution is 7.98. The maximum absolute atomic E-state index is 12.4. The van der Waals surface area contributed by atoms with E-state index in [2.05, 4.69) is 15.6 Å². The molecular formula is C22H24N2O6S. The molecule has 164 valence electrons. The zero-order valence-electron chi connectivity index (χ0n) is 17.0. The lowest BCUT2D eigenvalue weighted by Crippen LogP contribution is -2.47. The van der Waals surface area contributed by atoms with E-state index in [0.29, 0.717) is 12.2 Å². The average Bonchev–Trinajstić information content (AvgIpc) is 3.08. The number of hydrogen-bond acceptors (Lipinski definition) is 6. The summed E-state index contributed by atoms with van der Waals surface area (Å²) < 4.78 is 5.47. The molecule has 0 saturated heterocycles. The van der Waals surface area contributed by atoms with Gasteiger partial charge in [0.05, 0.1) is 0 Å². The Morgan fingerprint density at radius 1 is 1.06 bits per heavy atom. The number of aliphatic carboxylic acids is 1. The molecule has 1 aliphatic carbocycles. The number of amides is 2. The van der Waals surface area contributed by atoms with Gasteiger partial charge in [0.2, 0.25) is 0 Å². The number of carboxylic acid groups (broad SMARTS) is 1. The van der Waals surface area contributed by atoms with Gasteiger partial charge in [-0.15, -0.1) is 0 Å². The first kappa shape index (κ1) is 22.6. The topological polar surface area (TPSA) is 114 Å². The molecule has 31 heavy (non-hydrogen) atoms. The molecule has 2 amide bonds. The fraction of sp³-hybridized carbons (Fsp3) is 0.318. The number of thioether (sulfide) groups is 1. The van der Waals surface area contributed by atoms with Crippen molar-refractivity contribution < 1.29 is 29.1 Å². The van der Waals surface area contributed by atoms with Crippen LogP contribution in [-0.4, -0.2) is 54.3 Å². The van der Waals surface area contributed by atoms with Gasteiger partial charge in [-0.3, -0.25) is 9.63 Å². The normalized spacial score (nSPS) is 13.1. The van der Waals surface area contributed by atoms with E-state index >= 15 is 0 Å². The summed E-state index contributed by atoms with van der Waals surface area (Å²) in [6.45, 7) is -0.543. The van der Waals surface area contributed by atoms with E-state index < -0.39 is 30.6 Å². The molecular weight excluding hydrogens is 420 g/mol. The van der Waals surface area contributed by atoms with Crippen LogP contribution in [0.5, 0.6) is 0 Å². The Balaban J connectivity index is 1.61. The molecule has 2 aromatic carbocycles. The highest BCUT2D eigenvalue weighted by atomic mass is 32.2. The third-order valence-electron chi connectivity index (χ3n) is 4.93. The molecule has 1 unspecified atom stereocenters. The number of carbonyl (C=O) groups excluding carboxylic acids is 2. The first-order chi connectivity index (χ1) is 15.0. The van der Waals surface area contributed by atoms with Gasteiger partial charge < -0.3 is 15.2 Å². The molecule has 0 aliphatic heterocycles. The van der Waals surface area contributed by atoms with Crippen molar-refractivity contribution in [3.05, 3.63) is 59.7 Å². The zero-order chi connectivity index (χ0) is 22.2. The first-order valence-corrected chi connectivity index (χ1v) is 11.1. The lowest BCUT2D eigenvalue weighted by molar-refractivity contribution is -0.150. The van der Waals surface area contributed by atoms with Crippen LogP contribution in [0.2, 0.25) is 0 Å². The highest BCUT2D eigenvalue weighted by Crippen LogP contribution is 2.44. The third kappa shape index (κ3) is 5.77. The van der Waals surface area contributed by atoms with E-state index in [-0.39, 0.29) is 12.5 Å².